The molecule has 0 saturated carbocycles. The number of sulfonamides is 1. The van der Waals surface area contributed by atoms with Crippen LogP contribution in [0.4, 0.5) is 29.3 Å². The minimum Gasteiger partial charge on any atom is -0.481 e. The van der Waals surface area contributed by atoms with Crippen LogP contribution in [0.25, 0.3) is 0 Å². The molecule has 0 aliphatic carbocycles. The van der Waals surface area contributed by atoms with Crippen molar-refractivity contribution in [3.8, 4) is 0 Å². The van der Waals surface area contributed by atoms with Crippen LogP contribution in [0.15, 0.2) is 53.4 Å². The third-order valence-corrected chi connectivity index (χ3v) is 7.93. The molecule has 1 atom stereocenters. The van der Waals surface area contributed by atoms with Crippen molar-refractivity contribution in [3.63, 3.8) is 0 Å². The van der Waals surface area contributed by atoms with Crippen molar-refractivity contribution in [2.45, 2.75) is 36.4 Å². The van der Waals surface area contributed by atoms with Crippen molar-refractivity contribution < 1.29 is 46.2 Å². The van der Waals surface area contributed by atoms with E-state index >= 15 is 0 Å². The lowest BCUT2D eigenvalue weighted by molar-refractivity contribution is -0.140. The molecule has 11 nitrogen and oxygen atoms in total. The number of carbonyl (C=O) groups excluding carboxylic acids is 1. The van der Waals surface area contributed by atoms with Crippen molar-refractivity contribution in [2.75, 3.05) is 36.4 Å². The summed E-state index contributed by atoms with van der Waals surface area (Å²) >= 11 is 0. The number of urea groups is 1. The van der Waals surface area contributed by atoms with Gasteiger partial charge in [-0.1, -0.05) is 6.07 Å². The number of halogens is 3. The maximum atomic E-state index is 13.1. The average molecular weight is 573 g/mol. The second-order valence-corrected chi connectivity index (χ2v) is 10.7. The Hall–Kier alpha value is -3.85. The lowest BCUT2D eigenvalue weighted by Crippen LogP contribution is -2.48. The van der Waals surface area contributed by atoms with Gasteiger partial charge < -0.3 is 25.7 Å². The number of anilines is 2. The molecule has 212 valence electrons. The maximum Gasteiger partial charge on any atom is 0.416 e. The van der Waals surface area contributed by atoms with Crippen LogP contribution in [0.5, 0.6) is 0 Å². The smallest absolute Gasteiger partial charge is 0.416 e. The Bertz CT molecular complexity index is 1300. The summed E-state index contributed by atoms with van der Waals surface area (Å²) < 4.78 is 66.4. The number of aliphatic carboxylic acids is 2. The van der Waals surface area contributed by atoms with E-state index in [1.54, 1.807) is 4.90 Å². The largest absolute Gasteiger partial charge is 0.481 e. The number of hydrogen-bond acceptors (Lipinski definition) is 6. The first kappa shape index (κ1) is 29.7. The monoisotopic (exact) mass is 572 g/mol. The first-order valence-corrected chi connectivity index (χ1v) is 13.3. The van der Waals surface area contributed by atoms with Gasteiger partial charge in [-0.15, -0.1) is 0 Å². The zero-order chi connectivity index (χ0) is 28.8. The van der Waals surface area contributed by atoms with Gasteiger partial charge in [0.2, 0.25) is 10.0 Å². The predicted octanol–water partition coefficient (Wildman–Crippen LogP) is 3.05. The van der Waals surface area contributed by atoms with E-state index in [1.807, 2.05) is 0 Å². The lowest BCUT2D eigenvalue weighted by atomic mass is 10.1. The van der Waals surface area contributed by atoms with E-state index in [0.29, 0.717) is 5.69 Å². The summed E-state index contributed by atoms with van der Waals surface area (Å²) in [4.78, 5) is 35.7. The number of nitrogens with one attached hydrogen (secondary N) is 2. The first-order valence-electron chi connectivity index (χ1n) is 11.8. The molecule has 3 rings (SSSR count). The Morgan fingerprint density at radius 2 is 1.62 bits per heavy atom. The van der Waals surface area contributed by atoms with Crippen molar-refractivity contribution in [3.05, 3.63) is 54.1 Å². The summed E-state index contributed by atoms with van der Waals surface area (Å²) in [6.45, 7) is 0.494. The van der Waals surface area contributed by atoms with Crippen LogP contribution >= 0.6 is 0 Å². The second-order valence-electron chi connectivity index (χ2n) is 8.74. The van der Waals surface area contributed by atoms with Crippen LogP contribution < -0.4 is 15.5 Å². The van der Waals surface area contributed by atoms with Gasteiger partial charge in [-0.3, -0.25) is 4.79 Å². The first-order chi connectivity index (χ1) is 18.3. The molecule has 4 N–H and O–H groups in total. The number of alkyl halides is 3. The summed E-state index contributed by atoms with van der Waals surface area (Å²) in [6, 6.07) is 7.86. The molecule has 2 amide bonds. The lowest BCUT2D eigenvalue weighted by Gasteiger charge is -2.35. The Kier molecular flexibility index (Phi) is 9.40. The molecule has 1 saturated heterocycles. The quantitative estimate of drug-likeness (QED) is 0.339. The Labute approximate surface area is 222 Å². The minimum absolute atomic E-state index is 0.0489. The van der Waals surface area contributed by atoms with Gasteiger partial charge in [-0.05, 0) is 55.3 Å². The average Bonchev–Trinajstić information content (AvgIpc) is 2.88. The van der Waals surface area contributed by atoms with Crippen molar-refractivity contribution >= 4 is 39.4 Å². The van der Waals surface area contributed by atoms with Gasteiger partial charge in [0, 0.05) is 44.0 Å². The number of carbonyl (C=O) groups is 3. The van der Waals surface area contributed by atoms with Gasteiger partial charge in [-0.25, -0.2) is 18.0 Å². The molecule has 1 aliphatic rings. The molecule has 0 radical (unpaired) electrons. The molecule has 15 heteroatoms. The molecular formula is C24H27F3N4O7S. The molecule has 39 heavy (non-hydrogen) atoms. The van der Waals surface area contributed by atoms with Gasteiger partial charge in [0.05, 0.1) is 10.5 Å². The summed E-state index contributed by atoms with van der Waals surface area (Å²) in [5, 5.41) is 22.5. The zero-order valence-corrected chi connectivity index (χ0v) is 21.3. The van der Waals surface area contributed by atoms with E-state index in [1.165, 1.54) is 40.7 Å². The normalized spacial score (nSPS) is 15.4. The predicted molar refractivity (Wildman–Crippen MR) is 134 cm³/mol. The Morgan fingerprint density at radius 3 is 2.18 bits per heavy atom. The molecule has 1 fully saturated rings. The highest BCUT2D eigenvalue weighted by molar-refractivity contribution is 7.89. The van der Waals surface area contributed by atoms with Crippen LogP contribution in [-0.4, -0.2) is 73.1 Å². The van der Waals surface area contributed by atoms with Gasteiger partial charge >= 0.3 is 24.1 Å². The van der Waals surface area contributed by atoms with Gasteiger partial charge in [0.25, 0.3) is 0 Å². The van der Waals surface area contributed by atoms with Crippen LogP contribution in [0.1, 0.15) is 24.8 Å². The van der Waals surface area contributed by atoms with Gasteiger partial charge in [-0.2, -0.15) is 17.5 Å². The van der Waals surface area contributed by atoms with Crippen LogP contribution in [0.3, 0.4) is 0 Å². The number of carboxylic acids is 2. The van der Waals surface area contributed by atoms with E-state index in [2.05, 4.69) is 10.6 Å². The third kappa shape index (κ3) is 8.07. The molecule has 2 aromatic carbocycles. The van der Waals surface area contributed by atoms with Gasteiger partial charge in [0.1, 0.15) is 6.04 Å². The third-order valence-electron chi connectivity index (χ3n) is 6.01. The number of amides is 2. The van der Waals surface area contributed by atoms with Crippen molar-refractivity contribution in [1.82, 2.24) is 9.62 Å². The highest BCUT2D eigenvalue weighted by Gasteiger charge is 2.32. The SMILES string of the molecule is O=C(O)CCC[C@@H](NC(=O)Nc1ccc(S(=O)(=O)N2CCN(c3cccc(C(F)(F)F)c3)CC2)cc1)C(=O)O. The number of benzene rings is 2. The van der Waals surface area contributed by atoms with E-state index < -0.39 is 45.8 Å². The standard InChI is InChI=1S/C24H27F3N4O7S/c25-24(26,27)16-3-1-4-18(15-16)30-11-13-31(14-12-30)39(37,38)19-9-7-17(8-10-19)28-23(36)29-20(22(34)35)5-2-6-21(32)33/h1,3-4,7-10,15,20H,2,5-6,11-14H2,(H,32,33)(H,34,35)(H2,28,29,36)/t20-/m1/s1. The Balaban J connectivity index is 1.57. The van der Waals surface area contributed by atoms with Crippen LogP contribution in [0, 0.1) is 0 Å². The fourth-order valence-electron chi connectivity index (χ4n) is 3.97. The molecule has 1 heterocycles. The molecular weight excluding hydrogens is 545 g/mol. The van der Waals surface area contributed by atoms with E-state index in [-0.39, 0.29) is 56.0 Å². The van der Waals surface area contributed by atoms with Crippen molar-refractivity contribution in [1.29, 1.82) is 0 Å². The molecule has 2 aromatic rings. The maximum absolute atomic E-state index is 13.1. The second kappa shape index (κ2) is 12.3. The summed E-state index contributed by atoms with van der Waals surface area (Å²) in [5.74, 6) is -2.42. The fraction of sp³-hybridized carbons (Fsp3) is 0.375. The summed E-state index contributed by atoms with van der Waals surface area (Å²) in [7, 11) is -3.92. The number of rotatable bonds is 10. The van der Waals surface area contributed by atoms with Gasteiger partial charge in [0.15, 0.2) is 0 Å². The Morgan fingerprint density at radius 1 is 0.974 bits per heavy atom. The zero-order valence-electron chi connectivity index (χ0n) is 20.5. The van der Waals surface area contributed by atoms with Crippen molar-refractivity contribution in [2.24, 2.45) is 0 Å². The van der Waals surface area contributed by atoms with E-state index in [9.17, 15) is 41.1 Å². The summed E-state index contributed by atoms with van der Waals surface area (Å²) in [5.41, 5.74) is -0.243. The van der Waals surface area contributed by atoms with E-state index in [4.69, 9.17) is 5.11 Å². The molecule has 0 unspecified atom stereocenters. The number of piperazine rings is 1. The molecule has 0 bridgehead atoms. The number of nitrogens with zero attached hydrogens (tertiary/aromatic N) is 2. The van der Waals surface area contributed by atoms with E-state index in [0.717, 1.165) is 12.1 Å². The fourth-order valence-corrected chi connectivity index (χ4v) is 5.39. The molecule has 0 spiro atoms. The van der Waals surface area contributed by atoms with Crippen LogP contribution in [0.2, 0.25) is 0 Å². The van der Waals surface area contributed by atoms with Crippen LogP contribution in [-0.2, 0) is 25.8 Å². The topological polar surface area (TPSA) is 156 Å². The molecule has 0 aromatic heterocycles. The number of hydrogen-bond donors (Lipinski definition) is 4. The number of carboxylic acid groups (broad SMARTS) is 2. The summed E-state index contributed by atoms with van der Waals surface area (Å²) in [6.07, 6.45) is -4.77. The highest BCUT2D eigenvalue weighted by Crippen LogP contribution is 2.32. The molecule has 1 aliphatic heterocycles. The highest BCUT2D eigenvalue weighted by atomic mass is 32.2. The minimum atomic E-state index is -4.48.